The fourth-order valence-electron chi connectivity index (χ4n) is 2.82. The van der Waals surface area contributed by atoms with Gasteiger partial charge in [0.25, 0.3) is 11.1 Å². The van der Waals surface area contributed by atoms with Crippen molar-refractivity contribution in [2.75, 3.05) is 17.7 Å². The number of aromatic nitrogens is 2. The number of hydrogen-bond donors (Lipinski definition) is 1. The van der Waals surface area contributed by atoms with Gasteiger partial charge < -0.3 is 19.2 Å². The second-order valence-corrected chi connectivity index (χ2v) is 7.35. The van der Waals surface area contributed by atoms with Crippen molar-refractivity contribution in [3.05, 3.63) is 59.5 Å². The fraction of sp³-hybridized carbons (Fsp3) is 0.250. The molecule has 1 aliphatic rings. The summed E-state index contributed by atoms with van der Waals surface area (Å²) in [6.45, 7) is 4.27. The van der Waals surface area contributed by atoms with Crippen LogP contribution in [0.25, 0.3) is 0 Å². The zero-order valence-electron chi connectivity index (χ0n) is 15.5. The summed E-state index contributed by atoms with van der Waals surface area (Å²) in [7, 11) is 0. The molecule has 2 aromatic carbocycles. The van der Waals surface area contributed by atoms with Crippen molar-refractivity contribution in [1.29, 1.82) is 0 Å². The number of thioether (sulfide) groups is 1. The van der Waals surface area contributed by atoms with Gasteiger partial charge in [-0.25, -0.2) is 0 Å². The molecule has 3 aromatic rings. The molecule has 7 nitrogen and oxygen atoms in total. The van der Waals surface area contributed by atoms with E-state index in [1.54, 1.807) is 0 Å². The molecule has 0 spiro atoms. The van der Waals surface area contributed by atoms with Gasteiger partial charge in [0.1, 0.15) is 6.61 Å². The lowest BCUT2D eigenvalue weighted by molar-refractivity contribution is -0.113. The smallest absolute Gasteiger partial charge is 0.277 e. The molecular formula is C20H19N3O4S. The lowest BCUT2D eigenvalue weighted by Crippen LogP contribution is -2.21. The molecule has 0 saturated heterocycles. The van der Waals surface area contributed by atoms with E-state index in [1.165, 1.54) is 11.8 Å². The van der Waals surface area contributed by atoms with Crippen molar-refractivity contribution in [2.45, 2.75) is 25.2 Å². The number of fused-ring (bicyclic) bond motifs is 1. The molecule has 8 heteroatoms. The molecule has 0 bridgehead atoms. The maximum atomic E-state index is 12.2. The average Bonchev–Trinajstić information content (AvgIpc) is 3.17. The monoisotopic (exact) mass is 397 g/mol. The Hall–Kier alpha value is -3.00. The number of hydrogen-bond acceptors (Lipinski definition) is 7. The molecule has 0 unspecified atom stereocenters. The highest BCUT2D eigenvalue weighted by molar-refractivity contribution is 7.99. The van der Waals surface area contributed by atoms with E-state index in [0.29, 0.717) is 22.6 Å². The molecular weight excluding hydrogens is 378 g/mol. The summed E-state index contributed by atoms with van der Waals surface area (Å²) >= 11 is 1.18. The van der Waals surface area contributed by atoms with Gasteiger partial charge in [-0.2, -0.15) is 0 Å². The number of aryl methyl sites for hydroxylation is 2. The van der Waals surface area contributed by atoms with Crippen LogP contribution in [0.1, 0.15) is 23.1 Å². The van der Waals surface area contributed by atoms with Crippen LogP contribution in [0.4, 0.5) is 5.69 Å². The largest absolute Gasteiger partial charge is 0.485 e. The van der Waals surface area contributed by atoms with Crippen LogP contribution in [0.5, 0.6) is 11.5 Å². The molecule has 1 aromatic heterocycles. The first kappa shape index (κ1) is 18.4. The maximum absolute atomic E-state index is 12.2. The van der Waals surface area contributed by atoms with Crippen molar-refractivity contribution in [3.63, 3.8) is 0 Å². The van der Waals surface area contributed by atoms with Crippen molar-refractivity contribution in [1.82, 2.24) is 10.2 Å². The number of benzene rings is 2. The Kier molecular flexibility index (Phi) is 5.21. The van der Waals surface area contributed by atoms with E-state index in [9.17, 15) is 4.79 Å². The van der Waals surface area contributed by atoms with Crippen LogP contribution >= 0.6 is 11.8 Å². The van der Waals surface area contributed by atoms with Gasteiger partial charge in [0.05, 0.1) is 5.75 Å². The first-order valence-corrected chi connectivity index (χ1v) is 9.79. The number of ether oxygens (including phenoxy) is 2. The first-order valence-electron chi connectivity index (χ1n) is 8.80. The molecule has 0 radical (unpaired) electrons. The molecule has 0 saturated carbocycles. The molecule has 4 rings (SSSR count). The fourth-order valence-corrected chi connectivity index (χ4v) is 3.39. The first-order chi connectivity index (χ1) is 13.6. The Morgan fingerprint density at radius 2 is 2.00 bits per heavy atom. The highest BCUT2D eigenvalue weighted by Crippen LogP contribution is 2.35. The van der Waals surface area contributed by atoms with Crippen LogP contribution in [0.15, 0.2) is 52.1 Å². The van der Waals surface area contributed by atoms with E-state index in [2.05, 4.69) is 15.5 Å². The van der Waals surface area contributed by atoms with Crippen LogP contribution in [0.2, 0.25) is 0 Å². The Bertz CT molecular complexity index is 1000. The lowest BCUT2D eigenvalue weighted by atomic mass is 10.1. The minimum absolute atomic E-state index is 0.136. The maximum Gasteiger partial charge on any atom is 0.277 e. The van der Waals surface area contributed by atoms with Crippen molar-refractivity contribution >= 4 is 23.4 Å². The van der Waals surface area contributed by atoms with Crippen molar-refractivity contribution in [2.24, 2.45) is 0 Å². The van der Waals surface area contributed by atoms with E-state index < -0.39 is 6.10 Å². The van der Waals surface area contributed by atoms with E-state index in [4.69, 9.17) is 13.9 Å². The zero-order valence-corrected chi connectivity index (χ0v) is 16.3. The molecule has 28 heavy (non-hydrogen) atoms. The predicted octanol–water partition coefficient (Wildman–Crippen LogP) is 3.93. The summed E-state index contributed by atoms with van der Waals surface area (Å²) in [5.74, 6) is 1.68. The second kappa shape index (κ2) is 7.93. The lowest BCUT2D eigenvalue weighted by Gasteiger charge is -2.23. The molecule has 1 amide bonds. The normalized spacial score (nSPS) is 15.3. The number of anilines is 1. The highest BCUT2D eigenvalue weighted by Gasteiger charge is 2.27. The van der Waals surface area contributed by atoms with Gasteiger partial charge in [-0.05, 0) is 37.6 Å². The van der Waals surface area contributed by atoms with Crippen LogP contribution in [-0.4, -0.2) is 28.5 Å². The quantitative estimate of drug-likeness (QED) is 0.653. The average molecular weight is 397 g/mol. The van der Waals surface area contributed by atoms with Gasteiger partial charge in [-0.3, -0.25) is 4.79 Å². The van der Waals surface area contributed by atoms with Crippen molar-refractivity contribution in [3.8, 4) is 11.5 Å². The van der Waals surface area contributed by atoms with Crippen LogP contribution in [0.3, 0.4) is 0 Å². The zero-order chi connectivity index (χ0) is 19.5. The van der Waals surface area contributed by atoms with Gasteiger partial charge in [0.15, 0.2) is 11.5 Å². The number of para-hydroxylation sites is 2. The van der Waals surface area contributed by atoms with Crippen LogP contribution in [-0.2, 0) is 4.79 Å². The summed E-state index contributed by atoms with van der Waals surface area (Å²) < 4.78 is 17.1. The number of amides is 1. The van der Waals surface area contributed by atoms with Crippen LogP contribution in [0, 0.1) is 13.8 Å². The third-order valence-electron chi connectivity index (χ3n) is 4.19. The van der Waals surface area contributed by atoms with Gasteiger partial charge in [-0.15, -0.1) is 10.2 Å². The summed E-state index contributed by atoms with van der Waals surface area (Å²) in [5, 5.41) is 11.2. The molecule has 2 heterocycles. The Balaban J connectivity index is 1.33. The third kappa shape index (κ3) is 4.12. The highest BCUT2D eigenvalue weighted by atomic mass is 32.2. The Labute approximate surface area is 166 Å². The molecule has 1 atom stereocenters. The molecule has 1 N–H and O–H groups in total. The van der Waals surface area contributed by atoms with Gasteiger partial charge in [0.2, 0.25) is 12.0 Å². The molecule has 144 valence electrons. The third-order valence-corrected chi connectivity index (χ3v) is 5.01. The van der Waals surface area contributed by atoms with E-state index >= 15 is 0 Å². The summed E-state index contributed by atoms with van der Waals surface area (Å²) in [6, 6.07) is 13.3. The molecule has 0 aliphatic carbocycles. The predicted molar refractivity (Wildman–Crippen MR) is 105 cm³/mol. The van der Waals surface area contributed by atoms with Crippen molar-refractivity contribution < 1.29 is 18.7 Å². The molecule has 0 fully saturated rings. The van der Waals surface area contributed by atoms with Gasteiger partial charge in [-0.1, -0.05) is 41.6 Å². The summed E-state index contributed by atoms with van der Waals surface area (Å²) in [5.41, 5.74) is 2.97. The standard InChI is InChI=1S/C20H19N3O4S/c1-12-7-8-14(13(2)9-12)21-18(24)11-28-20-23-22-19(27-20)17-10-25-15-5-3-4-6-16(15)26-17/h3-9,17H,10-11H2,1-2H3,(H,21,24)/t17-/m1/s1. The number of rotatable bonds is 5. The number of nitrogens with zero attached hydrogens (tertiary/aromatic N) is 2. The second-order valence-electron chi connectivity index (χ2n) is 6.43. The van der Waals surface area contributed by atoms with E-state index in [1.807, 2.05) is 56.3 Å². The van der Waals surface area contributed by atoms with E-state index in [-0.39, 0.29) is 18.3 Å². The minimum Gasteiger partial charge on any atom is -0.485 e. The Morgan fingerprint density at radius 1 is 1.18 bits per heavy atom. The Morgan fingerprint density at radius 3 is 2.82 bits per heavy atom. The topological polar surface area (TPSA) is 86.5 Å². The van der Waals surface area contributed by atoms with Gasteiger partial charge in [0, 0.05) is 5.69 Å². The van der Waals surface area contributed by atoms with E-state index in [0.717, 1.165) is 16.8 Å². The van der Waals surface area contributed by atoms with Gasteiger partial charge >= 0.3 is 0 Å². The summed E-state index contributed by atoms with van der Waals surface area (Å²) in [4.78, 5) is 12.2. The molecule has 1 aliphatic heterocycles. The minimum atomic E-state index is -0.471. The SMILES string of the molecule is Cc1ccc(NC(=O)CSc2nnc([C@H]3COc4ccccc4O3)o2)c(C)c1. The number of carbonyl (C=O) groups is 1. The van der Waals surface area contributed by atoms with Crippen LogP contribution < -0.4 is 14.8 Å². The number of carbonyl (C=O) groups excluding carboxylic acids is 1. The summed E-state index contributed by atoms with van der Waals surface area (Å²) in [6.07, 6.45) is -0.471. The number of nitrogens with one attached hydrogen (secondary N) is 1.